The minimum atomic E-state index is 0.259. The van der Waals surface area contributed by atoms with Gasteiger partial charge in [-0.15, -0.1) is 0 Å². The molecule has 0 spiro atoms. The van der Waals surface area contributed by atoms with E-state index in [0.717, 1.165) is 127 Å². The quantitative estimate of drug-likeness (QED) is 0.0669. The number of para-hydroxylation sites is 3. The van der Waals surface area contributed by atoms with Crippen molar-refractivity contribution >= 4 is 111 Å². The fourth-order valence-electron chi connectivity index (χ4n) is 15.1. The van der Waals surface area contributed by atoms with E-state index in [9.17, 15) is 5.11 Å². The van der Waals surface area contributed by atoms with Crippen LogP contribution in [-0.4, -0.2) is 5.11 Å². The van der Waals surface area contributed by atoms with Gasteiger partial charge in [-0.05, 0) is 189 Å². The van der Waals surface area contributed by atoms with E-state index in [1.807, 2.05) is 0 Å². The van der Waals surface area contributed by atoms with Gasteiger partial charge in [0.2, 0.25) is 0 Å². The highest BCUT2D eigenvalue weighted by Gasteiger charge is 2.32. The standard InChI is InChI=1S/C80H69IN2O2/c1-4-52-22-10-12-32-60(52)56-28-16-29-57(46-56)62-34-18-38-72(78(62)84)82(58-30-14-20-50(3)44-58)74-47-70(54-24-6-7-25-54)63-41-43-69-75(48-71(55-26-8-9-27-55)64-40-42-68(74)76(63)77(64)69)83(59-31-15-21-51(45-59)49-81)73-39-19-37-67-66-36-17-35-65(79(66)85-80(67)73)61-33-13-11-23-53(61)5-2/h10-23,28-48,54-55,84H,4-9,24-27,49H2,1-3H3. The molecule has 1 N–H and O–H groups in total. The molecule has 1 heterocycles. The topological polar surface area (TPSA) is 39.9 Å². The predicted octanol–water partition coefficient (Wildman–Crippen LogP) is 23.8. The third kappa shape index (κ3) is 9.15. The molecule has 0 aliphatic heterocycles. The monoisotopic (exact) mass is 1220 g/mol. The number of aromatic hydroxyl groups is 1. The Kier molecular flexibility index (Phi) is 13.9. The third-order valence-electron chi connectivity index (χ3n) is 19.1. The van der Waals surface area contributed by atoms with Crippen LogP contribution < -0.4 is 9.80 Å². The van der Waals surface area contributed by atoms with Crippen LogP contribution in [0.3, 0.4) is 0 Å². The molecule has 0 saturated heterocycles. The first-order chi connectivity index (χ1) is 41.9. The van der Waals surface area contributed by atoms with Crippen molar-refractivity contribution in [1.82, 2.24) is 0 Å². The van der Waals surface area contributed by atoms with Gasteiger partial charge in [-0.2, -0.15) is 0 Å². The number of furan rings is 1. The summed E-state index contributed by atoms with van der Waals surface area (Å²) in [6.45, 7) is 6.63. The van der Waals surface area contributed by atoms with Crippen LogP contribution in [0.25, 0.3) is 87.6 Å². The normalized spacial score (nSPS) is 14.1. The smallest absolute Gasteiger partial charge is 0.159 e. The van der Waals surface area contributed by atoms with E-state index < -0.39 is 0 Å². The zero-order valence-corrected chi connectivity index (χ0v) is 50.9. The summed E-state index contributed by atoms with van der Waals surface area (Å²) in [6.07, 6.45) is 11.4. The Morgan fingerprint density at radius 1 is 0.424 bits per heavy atom. The number of alkyl halides is 1. The molecule has 1 aromatic heterocycles. The molecule has 0 radical (unpaired) electrons. The van der Waals surface area contributed by atoms with E-state index in [4.69, 9.17) is 4.42 Å². The Morgan fingerprint density at radius 2 is 0.918 bits per heavy atom. The Balaban J connectivity index is 1.01. The van der Waals surface area contributed by atoms with Gasteiger partial charge in [-0.1, -0.05) is 220 Å². The number of hydrogen-bond donors (Lipinski definition) is 1. The number of phenolic OH excluding ortho intramolecular Hbond substituents is 1. The number of phenols is 1. The highest BCUT2D eigenvalue weighted by atomic mass is 127. The van der Waals surface area contributed by atoms with Crippen molar-refractivity contribution < 1.29 is 9.52 Å². The molecule has 5 heteroatoms. The number of benzene rings is 12. The molecule has 2 aliphatic rings. The van der Waals surface area contributed by atoms with Crippen LogP contribution in [0.4, 0.5) is 34.1 Å². The summed E-state index contributed by atoms with van der Waals surface area (Å²) in [5.74, 6) is 1.08. The van der Waals surface area contributed by atoms with Gasteiger partial charge in [-0.3, -0.25) is 0 Å². The maximum atomic E-state index is 13.2. The molecule has 2 aliphatic carbocycles. The molecule has 85 heavy (non-hydrogen) atoms. The lowest BCUT2D eigenvalue weighted by atomic mass is 9.82. The molecule has 0 unspecified atom stereocenters. The SMILES string of the molecule is CCc1ccccc1-c1cccc(-c2cccc(N(c3cccc(C)c3)c3cc(C4CCCC4)c4ccc5c(N(c6cccc(CI)c6)c6cccc7c6oc6c(-c8ccccc8CC)cccc67)cc(C6CCCC6)c6ccc3c4c65)c2O)c1. The predicted molar refractivity (Wildman–Crippen MR) is 368 cm³/mol. The van der Waals surface area contributed by atoms with E-state index in [-0.39, 0.29) is 5.75 Å². The van der Waals surface area contributed by atoms with Crippen LogP contribution in [0.1, 0.15) is 110 Å². The summed E-state index contributed by atoms with van der Waals surface area (Å²) in [5, 5.41) is 23.1. The number of aryl methyl sites for hydroxylation is 3. The molecule has 12 aromatic carbocycles. The number of rotatable bonds is 14. The summed E-state index contributed by atoms with van der Waals surface area (Å²) in [7, 11) is 0. The fraction of sp³-hybridized carbons (Fsp3) is 0.200. The lowest BCUT2D eigenvalue weighted by molar-refractivity contribution is 0.478. The first-order valence-corrected chi connectivity index (χ1v) is 32.5. The Bertz CT molecular complexity index is 4690. The summed E-state index contributed by atoms with van der Waals surface area (Å²) < 4.78 is 8.32. The third-order valence-corrected chi connectivity index (χ3v) is 20.0. The molecule has 0 bridgehead atoms. The van der Waals surface area contributed by atoms with Crippen molar-refractivity contribution in [3.8, 4) is 39.1 Å². The summed E-state index contributed by atoms with van der Waals surface area (Å²) in [5.41, 5.74) is 22.3. The molecule has 13 aromatic rings. The van der Waals surface area contributed by atoms with Crippen LogP contribution in [0, 0.1) is 6.92 Å². The van der Waals surface area contributed by atoms with E-state index >= 15 is 0 Å². The summed E-state index contributed by atoms with van der Waals surface area (Å²) in [4.78, 5) is 4.92. The van der Waals surface area contributed by atoms with Gasteiger partial charge in [0.15, 0.2) is 5.58 Å². The first kappa shape index (κ1) is 53.3. The Hall–Kier alpha value is -8.39. The number of anilines is 6. The molecule has 2 saturated carbocycles. The van der Waals surface area contributed by atoms with Gasteiger partial charge < -0.3 is 19.3 Å². The minimum absolute atomic E-state index is 0.259. The van der Waals surface area contributed by atoms with Crippen LogP contribution in [0.2, 0.25) is 0 Å². The van der Waals surface area contributed by atoms with Crippen molar-refractivity contribution in [3.63, 3.8) is 0 Å². The first-order valence-electron chi connectivity index (χ1n) is 31.0. The van der Waals surface area contributed by atoms with Crippen molar-refractivity contribution in [2.75, 3.05) is 9.80 Å². The fourth-order valence-corrected chi connectivity index (χ4v) is 15.6. The van der Waals surface area contributed by atoms with Crippen molar-refractivity contribution in [3.05, 3.63) is 246 Å². The average molecular weight is 1220 g/mol. The van der Waals surface area contributed by atoms with Gasteiger partial charge in [0.05, 0.1) is 22.7 Å². The summed E-state index contributed by atoms with van der Waals surface area (Å²) in [6, 6.07) is 78.9. The van der Waals surface area contributed by atoms with Crippen molar-refractivity contribution in [2.24, 2.45) is 0 Å². The zero-order chi connectivity index (χ0) is 57.3. The number of fused-ring (bicyclic) bond motifs is 3. The molecule has 15 rings (SSSR count). The lowest BCUT2D eigenvalue weighted by Crippen LogP contribution is -2.14. The number of halogens is 1. The molecular weight excluding hydrogens is 1150 g/mol. The average Bonchev–Trinajstić information content (AvgIpc) is 2.56. The largest absolute Gasteiger partial charge is 0.505 e. The Labute approximate surface area is 512 Å². The second-order valence-electron chi connectivity index (χ2n) is 24.0. The molecular formula is C80H69IN2O2. The minimum Gasteiger partial charge on any atom is -0.505 e. The maximum absolute atomic E-state index is 13.2. The van der Waals surface area contributed by atoms with Gasteiger partial charge in [-0.25, -0.2) is 0 Å². The molecule has 2 fully saturated rings. The van der Waals surface area contributed by atoms with Gasteiger partial charge in [0.25, 0.3) is 0 Å². The molecule has 0 atom stereocenters. The van der Waals surface area contributed by atoms with Gasteiger partial charge in [0, 0.05) is 48.5 Å². The second-order valence-corrected chi connectivity index (χ2v) is 24.8. The Morgan fingerprint density at radius 3 is 1.56 bits per heavy atom. The number of nitrogens with zero attached hydrogens (tertiary/aromatic N) is 2. The maximum Gasteiger partial charge on any atom is 0.159 e. The van der Waals surface area contributed by atoms with Crippen molar-refractivity contribution in [1.29, 1.82) is 0 Å². The van der Waals surface area contributed by atoms with E-state index in [2.05, 4.69) is 265 Å². The van der Waals surface area contributed by atoms with Crippen LogP contribution in [-0.2, 0) is 17.3 Å². The van der Waals surface area contributed by atoms with E-state index in [1.54, 1.807) is 0 Å². The molecule has 4 nitrogen and oxygen atoms in total. The van der Waals surface area contributed by atoms with Crippen LogP contribution >= 0.6 is 22.6 Å². The highest BCUT2D eigenvalue weighted by molar-refractivity contribution is 14.1. The van der Waals surface area contributed by atoms with Crippen LogP contribution in [0.5, 0.6) is 5.75 Å². The molecule has 418 valence electrons. The summed E-state index contributed by atoms with van der Waals surface area (Å²) >= 11 is 2.52. The zero-order valence-electron chi connectivity index (χ0n) is 48.8. The van der Waals surface area contributed by atoms with Crippen LogP contribution in [0.15, 0.2) is 217 Å². The number of hydrogen-bond acceptors (Lipinski definition) is 4. The highest BCUT2D eigenvalue weighted by Crippen LogP contribution is 2.56. The van der Waals surface area contributed by atoms with Gasteiger partial charge in [0.1, 0.15) is 11.3 Å². The lowest BCUT2D eigenvalue weighted by Gasteiger charge is -2.32. The second kappa shape index (κ2) is 22.2. The van der Waals surface area contributed by atoms with Crippen molar-refractivity contribution in [2.45, 2.75) is 101 Å². The van der Waals surface area contributed by atoms with E-state index in [1.165, 1.54) is 96.9 Å². The van der Waals surface area contributed by atoms with Gasteiger partial charge >= 0.3 is 0 Å². The van der Waals surface area contributed by atoms with E-state index in [0.29, 0.717) is 11.8 Å². The molecule has 0 amide bonds.